The molecule has 0 radical (unpaired) electrons. The van der Waals surface area contributed by atoms with E-state index in [1.165, 1.54) is 10.7 Å². The normalized spacial score (nSPS) is 10.8. The van der Waals surface area contributed by atoms with Gasteiger partial charge in [0.25, 0.3) is 5.56 Å². The number of hydrogen-bond acceptors (Lipinski definition) is 7. The Kier molecular flexibility index (Phi) is 5.30. The number of ether oxygens (including phenoxy) is 2. The number of methoxy groups -OCH3 is 2. The molecule has 2 aromatic carbocycles. The van der Waals surface area contributed by atoms with Gasteiger partial charge in [0.05, 0.1) is 19.9 Å². The molecule has 0 saturated carbocycles. The van der Waals surface area contributed by atoms with E-state index in [-0.39, 0.29) is 18.0 Å². The van der Waals surface area contributed by atoms with Crippen molar-refractivity contribution in [3.63, 3.8) is 0 Å². The molecule has 0 spiro atoms. The third kappa shape index (κ3) is 4.07. The highest BCUT2D eigenvalue weighted by atomic mass is 16.5. The lowest BCUT2D eigenvalue weighted by atomic mass is 10.1. The first kappa shape index (κ1) is 19.4. The maximum Gasteiger partial charge on any atom is 0.267 e. The summed E-state index contributed by atoms with van der Waals surface area (Å²) < 4.78 is 17.2. The van der Waals surface area contributed by atoms with Gasteiger partial charge in [-0.1, -0.05) is 35.0 Å². The molecule has 0 aliphatic heterocycles. The van der Waals surface area contributed by atoms with Crippen molar-refractivity contribution in [3.8, 4) is 34.1 Å². The van der Waals surface area contributed by atoms with E-state index in [0.717, 1.165) is 11.1 Å². The monoisotopic (exact) mass is 404 g/mol. The fourth-order valence-corrected chi connectivity index (χ4v) is 2.94. The van der Waals surface area contributed by atoms with Crippen LogP contribution in [0.4, 0.5) is 0 Å². The van der Waals surface area contributed by atoms with Crippen LogP contribution in [0.25, 0.3) is 22.6 Å². The van der Waals surface area contributed by atoms with Crippen molar-refractivity contribution in [3.05, 3.63) is 76.4 Å². The molecule has 0 bridgehead atoms. The molecule has 0 saturated heterocycles. The van der Waals surface area contributed by atoms with Gasteiger partial charge in [0.1, 0.15) is 18.0 Å². The summed E-state index contributed by atoms with van der Waals surface area (Å²) in [5, 5.41) is 8.45. The second kappa shape index (κ2) is 8.20. The Hall–Kier alpha value is -3.94. The third-order valence-electron chi connectivity index (χ3n) is 4.58. The molecule has 0 N–H and O–H groups in total. The van der Waals surface area contributed by atoms with Gasteiger partial charge in [0.15, 0.2) is 0 Å². The predicted molar refractivity (Wildman–Crippen MR) is 111 cm³/mol. The molecule has 152 valence electrons. The Morgan fingerprint density at radius 1 is 0.933 bits per heavy atom. The maximum absolute atomic E-state index is 12.3. The zero-order chi connectivity index (χ0) is 21.1. The lowest BCUT2D eigenvalue weighted by molar-refractivity contribution is 0.363. The first-order chi connectivity index (χ1) is 14.6. The van der Waals surface area contributed by atoms with Crippen molar-refractivity contribution >= 4 is 0 Å². The topological polar surface area (TPSA) is 92.3 Å². The van der Waals surface area contributed by atoms with Gasteiger partial charge >= 0.3 is 0 Å². The SMILES string of the molecule is COc1cc(OC)cc(-c2noc(Cn3nc(-c4ccc(C)cc4)ccc3=O)n2)c1. The maximum atomic E-state index is 12.3. The lowest BCUT2D eigenvalue weighted by Crippen LogP contribution is -2.23. The smallest absolute Gasteiger partial charge is 0.267 e. The summed E-state index contributed by atoms with van der Waals surface area (Å²) in [5.41, 5.74) is 3.18. The van der Waals surface area contributed by atoms with Crippen molar-refractivity contribution < 1.29 is 14.0 Å². The number of nitrogens with zero attached hydrogens (tertiary/aromatic N) is 4. The minimum atomic E-state index is -0.256. The van der Waals surface area contributed by atoms with Crippen LogP contribution in [0, 0.1) is 6.92 Å². The molecule has 0 amide bonds. The van der Waals surface area contributed by atoms with Crippen molar-refractivity contribution in [1.29, 1.82) is 0 Å². The van der Waals surface area contributed by atoms with Crippen LogP contribution in [0.1, 0.15) is 11.5 Å². The molecule has 8 nitrogen and oxygen atoms in total. The molecule has 8 heteroatoms. The first-order valence-electron chi connectivity index (χ1n) is 9.27. The van der Waals surface area contributed by atoms with Gasteiger partial charge in [-0.05, 0) is 25.1 Å². The van der Waals surface area contributed by atoms with Crippen LogP contribution in [0.15, 0.2) is 63.9 Å². The molecule has 30 heavy (non-hydrogen) atoms. The summed E-state index contributed by atoms with van der Waals surface area (Å²) in [5.74, 6) is 1.85. The number of aromatic nitrogens is 4. The zero-order valence-electron chi connectivity index (χ0n) is 16.8. The summed E-state index contributed by atoms with van der Waals surface area (Å²) in [4.78, 5) is 16.7. The number of hydrogen-bond donors (Lipinski definition) is 0. The zero-order valence-corrected chi connectivity index (χ0v) is 16.8. The molecule has 0 unspecified atom stereocenters. The van der Waals surface area contributed by atoms with E-state index >= 15 is 0 Å². The first-order valence-corrected chi connectivity index (χ1v) is 9.27. The van der Waals surface area contributed by atoms with Crippen molar-refractivity contribution in [1.82, 2.24) is 19.9 Å². The highest BCUT2D eigenvalue weighted by Crippen LogP contribution is 2.28. The van der Waals surface area contributed by atoms with Crippen LogP contribution >= 0.6 is 0 Å². The van der Waals surface area contributed by atoms with Gasteiger partial charge in [-0.3, -0.25) is 4.79 Å². The summed E-state index contributed by atoms with van der Waals surface area (Å²) in [6.45, 7) is 2.08. The Labute approximate surface area is 172 Å². The molecular weight excluding hydrogens is 384 g/mol. The second-order valence-electron chi connectivity index (χ2n) is 6.69. The molecule has 0 aliphatic rings. The fourth-order valence-electron chi connectivity index (χ4n) is 2.94. The number of aryl methyl sites for hydroxylation is 1. The summed E-state index contributed by atoms with van der Waals surface area (Å²) in [6.07, 6.45) is 0. The number of benzene rings is 2. The third-order valence-corrected chi connectivity index (χ3v) is 4.58. The Bertz CT molecular complexity index is 1210. The van der Waals surface area contributed by atoms with E-state index in [1.54, 1.807) is 38.5 Å². The predicted octanol–water partition coefficient (Wildman–Crippen LogP) is 3.33. The van der Waals surface area contributed by atoms with Crippen LogP contribution in [-0.4, -0.2) is 34.1 Å². The Morgan fingerprint density at radius 2 is 1.63 bits per heavy atom. The molecule has 4 aromatic rings. The minimum absolute atomic E-state index is 0.0621. The molecule has 2 aromatic heterocycles. The largest absolute Gasteiger partial charge is 0.497 e. The summed E-state index contributed by atoms with van der Waals surface area (Å²) in [6, 6.07) is 16.4. The summed E-state index contributed by atoms with van der Waals surface area (Å²) in [7, 11) is 3.14. The standard InChI is InChI=1S/C22H20N4O4/c1-14-4-6-15(7-5-14)19-8-9-21(27)26(24-19)13-20-23-22(25-30-20)16-10-17(28-2)12-18(11-16)29-3/h4-12H,13H2,1-3H3. The van der Waals surface area contributed by atoms with E-state index < -0.39 is 0 Å². The average Bonchev–Trinajstić information content (AvgIpc) is 3.24. The van der Waals surface area contributed by atoms with Crippen LogP contribution in [0.3, 0.4) is 0 Å². The molecule has 0 fully saturated rings. The molecule has 0 atom stereocenters. The van der Waals surface area contributed by atoms with Crippen molar-refractivity contribution in [2.24, 2.45) is 0 Å². The summed E-state index contributed by atoms with van der Waals surface area (Å²) >= 11 is 0. The van der Waals surface area contributed by atoms with Gasteiger partial charge in [-0.15, -0.1) is 0 Å². The minimum Gasteiger partial charge on any atom is -0.497 e. The second-order valence-corrected chi connectivity index (χ2v) is 6.69. The number of rotatable bonds is 6. The van der Waals surface area contributed by atoms with Gasteiger partial charge in [0, 0.05) is 23.3 Å². The highest BCUT2D eigenvalue weighted by molar-refractivity contribution is 5.60. The quantitative estimate of drug-likeness (QED) is 0.487. The van der Waals surface area contributed by atoms with E-state index in [9.17, 15) is 4.79 Å². The van der Waals surface area contributed by atoms with Crippen LogP contribution in [0.2, 0.25) is 0 Å². The van der Waals surface area contributed by atoms with Gasteiger partial charge in [0.2, 0.25) is 11.7 Å². The van der Waals surface area contributed by atoms with Gasteiger partial charge < -0.3 is 14.0 Å². The van der Waals surface area contributed by atoms with Crippen molar-refractivity contribution in [2.75, 3.05) is 14.2 Å². The molecule has 0 aliphatic carbocycles. The van der Waals surface area contributed by atoms with Gasteiger partial charge in [-0.2, -0.15) is 10.1 Å². The molecular formula is C22H20N4O4. The van der Waals surface area contributed by atoms with E-state index in [0.29, 0.717) is 28.6 Å². The Balaban J connectivity index is 1.62. The molecule has 2 heterocycles. The highest BCUT2D eigenvalue weighted by Gasteiger charge is 2.13. The average molecular weight is 404 g/mol. The Morgan fingerprint density at radius 3 is 2.30 bits per heavy atom. The van der Waals surface area contributed by atoms with Crippen LogP contribution in [-0.2, 0) is 6.54 Å². The van der Waals surface area contributed by atoms with Crippen LogP contribution < -0.4 is 15.0 Å². The van der Waals surface area contributed by atoms with E-state index in [2.05, 4.69) is 15.2 Å². The van der Waals surface area contributed by atoms with E-state index in [4.69, 9.17) is 14.0 Å². The van der Waals surface area contributed by atoms with Crippen molar-refractivity contribution in [2.45, 2.75) is 13.5 Å². The van der Waals surface area contributed by atoms with Crippen LogP contribution in [0.5, 0.6) is 11.5 Å². The van der Waals surface area contributed by atoms with Gasteiger partial charge in [-0.25, -0.2) is 4.68 Å². The fraction of sp³-hybridized carbons (Fsp3) is 0.182. The molecule has 4 rings (SSSR count). The van der Waals surface area contributed by atoms with E-state index in [1.807, 2.05) is 31.2 Å². The lowest BCUT2D eigenvalue weighted by Gasteiger charge is -2.06.